The molecular weight excluding hydrogens is 921 g/mol. The Balaban J connectivity index is 1.14. The molecule has 0 radical (unpaired) electrons. The molecule has 2 aromatic heterocycles. The zero-order valence-corrected chi connectivity index (χ0v) is 39.8. The number of aromatic nitrogens is 3. The van der Waals surface area contributed by atoms with Crippen molar-refractivity contribution in [3.8, 4) is 34.5 Å². The van der Waals surface area contributed by atoms with E-state index in [9.17, 15) is 9.18 Å². The van der Waals surface area contributed by atoms with Gasteiger partial charge in [0.05, 0.1) is 60.1 Å². The van der Waals surface area contributed by atoms with E-state index in [1.807, 2.05) is 9.80 Å². The smallest absolute Gasteiger partial charge is 0.418 e. The van der Waals surface area contributed by atoms with Crippen LogP contribution in [0.1, 0.15) is 75.1 Å². The molecule has 2 bridgehead atoms. The van der Waals surface area contributed by atoms with E-state index in [-0.39, 0.29) is 80.5 Å². The molecule has 19 heteroatoms. The molecule has 0 spiro atoms. The van der Waals surface area contributed by atoms with E-state index in [1.165, 1.54) is 27.2 Å². The van der Waals surface area contributed by atoms with Gasteiger partial charge in [-0.1, -0.05) is 24.3 Å². The summed E-state index contributed by atoms with van der Waals surface area (Å²) in [7, 11) is 3.06. The molecule has 5 atom stereocenters. The highest BCUT2D eigenvalue weighted by Gasteiger charge is 2.53. The number of ether oxygens (including phenoxy) is 5. The number of alkyl halides is 4. The van der Waals surface area contributed by atoms with Gasteiger partial charge in [0.25, 0.3) is 0 Å². The van der Waals surface area contributed by atoms with Crippen LogP contribution < -0.4 is 28.7 Å². The van der Waals surface area contributed by atoms with Gasteiger partial charge < -0.3 is 33.5 Å². The monoisotopic (exact) mass is 975 g/mol. The molecule has 372 valence electrons. The van der Waals surface area contributed by atoms with Gasteiger partial charge in [-0.25, -0.2) is 22.9 Å². The van der Waals surface area contributed by atoms with Crippen LogP contribution in [-0.4, -0.2) is 113 Å². The molecule has 5 aliphatic rings. The van der Waals surface area contributed by atoms with Crippen LogP contribution in [0.5, 0.6) is 23.3 Å². The van der Waals surface area contributed by atoms with E-state index in [4.69, 9.17) is 28.7 Å². The molecule has 10 rings (SSSR count). The van der Waals surface area contributed by atoms with Crippen LogP contribution in [0.4, 0.5) is 42.8 Å². The molecule has 13 nitrogen and oxygen atoms in total. The highest BCUT2D eigenvalue weighted by molar-refractivity contribution is 6.00. The Morgan fingerprint density at radius 1 is 0.900 bits per heavy atom. The number of methoxy groups -OCH3 is 2. The third-order valence-corrected chi connectivity index (χ3v) is 14.4. The third kappa shape index (κ3) is 8.61. The second-order valence-electron chi connectivity index (χ2n) is 20.0. The third-order valence-electron chi connectivity index (χ3n) is 14.4. The number of rotatable bonds is 11. The standard InChI is InChI=1S/C51H55F6N7O6/c1-28-20-37(61(22-29-8-13-33(66-5)14-9-29)23-30-10-15-34(67-6)16-11-30)58-43(40(28)51(55,56)57)38-41(53)44-39-45(42(38)54)68-26-36-35-17-12-32(64(35)48(65)70-49(2,3)4)25-63(36)46(39)60-47(59-44)69-27-50-18-7-19-62(50)24-31(52)21-50/h8-11,13-16,20,31-32,35-36H,7,12,17-19,21-27H2,1-6H3/t31-,32?,35?,36?,50+/m1/s1. The molecule has 70 heavy (non-hydrogen) atoms. The van der Waals surface area contributed by atoms with Gasteiger partial charge in [-0.15, -0.1) is 0 Å². The Bertz CT molecular complexity index is 2760. The number of anilines is 2. The van der Waals surface area contributed by atoms with Crippen LogP contribution in [-0.2, 0) is 24.0 Å². The molecule has 7 heterocycles. The van der Waals surface area contributed by atoms with Crippen LogP contribution in [0.2, 0.25) is 0 Å². The highest BCUT2D eigenvalue weighted by Crippen LogP contribution is 2.50. The maximum absolute atomic E-state index is 18.0. The number of amides is 1. The largest absolute Gasteiger partial charge is 0.497 e. The lowest BCUT2D eigenvalue weighted by Gasteiger charge is -2.46. The Hall–Kier alpha value is -6.24. The van der Waals surface area contributed by atoms with Gasteiger partial charge in [-0.3, -0.25) is 9.80 Å². The Labute approximate surface area is 401 Å². The van der Waals surface area contributed by atoms with Crippen LogP contribution in [0.25, 0.3) is 22.2 Å². The number of carbonyl (C=O) groups excluding carboxylic acids is 1. The average molecular weight is 976 g/mol. The maximum Gasteiger partial charge on any atom is 0.418 e. The molecule has 5 aromatic rings. The van der Waals surface area contributed by atoms with Gasteiger partial charge in [0, 0.05) is 32.6 Å². The van der Waals surface area contributed by atoms with Crippen molar-refractivity contribution in [2.75, 3.05) is 56.9 Å². The second kappa shape index (κ2) is 17.9. The van der Waals surface area contributed by atoms with E-state index in [2.05, 4.69) is 9.97 Å². The fourth-order valence-electron chi connectivity index (χ4n) is 11.2. The van der Waals surface area contributed by atoms with Crippen molar-refractivity contribution in [2.24, 2.45) is 0 Å². The zero-order valence-electron chi connectivity index (χ0n) is 39.8. The lowest BCUT2D eigenvalue weighted by atomic mass is 9.95. The van der Waals surface area contributed by atoms with Crippen molar-refractivity contribution in [1.82, 2.24) is 24.8 Å². The van der Waals surface area contributed by atoms with Crippen LogP contribution in [0, 0.1) is 18.6 Å². The molecule has 0 saturated carbocycles. The lowest BCUT2D eigenvalue weighted by Crippen LogP contribution is -2.63. The minimum Gasteiger partial charge on any atom is -0.497 e. The summed E-state index contributed by atoms with van der Waals surface area (Å²) in [5.74, 6) is -2.19. The number of nitrogens with zero attached hydrogens (tertiary/aromatic N) is 7. The number of benzene rings is 3. The van der Waals surface area contributed by atoms with Gasteiger partial charge in [-0.2, -0.15) is 23.1 Å². The molecule has 1 amide bonds. The Morgan fingerprint density at radius 3 is 2.20 bits per heavy atom. The number of hydrogen-bond acceptors (Lipinski definition) is 12. The summed E-state index contributed by atoms with van der Waals surface area (Å²) in [6.07, 6.45) is -3.95. The van der Waals surface area contributed by atoms with Crippen molar-refractivity contribution in [1.29, 1.82) is 0 Å². The summed E-state index contributed by atoms with van der Waals surface area (Å²) in [5, 5.41) is -0.203. The van der Waals surface area contributed by atoms with E-state index < -0.39 is 81.4 Å². The summed E-state index contributed by atoms with van der Waals surface area (Å²) in [4.78, 5) is 34.9. The van der Waals surface area contributed by atoms with Crippen molar-refractivity contribution >= 4 is 28.6 Å². The van der Waals surface area contributed by atoms with E-state index in [0.29, 0.717) is 37.3 Å². The number of halogens is 6. The first-order valence-electron chi connectivity index (χ1n) is 23.6. The van der Waals surface area contributed by atoms with Crippen molar-refractivity contribution in [2.45, 2.75) is 115 Å². The number of fused-ring (bicyclic) bond motifs is 6. The molecule has 4 fully saturated rings. The highest BCUT2D eigenvalue weighted by atomic mass is 19.4. The fraction of sp³-hybridized carbons (Fsp3) is 0.490. The predicted octanol–water partition coefficient (Wildman–Crippen LogP) is 9.83. The Morgan fingerprint density at radius 2 is 1.57 bits per heavy atom. The van der Waals surface area contributed by atoms with Crippen LogP contribution >= 0.6 is 0 Å². The van der Waals surface area contributed by atoms with Crippen molar-refractivity contribution < 1.29 is 54.8 Å². The molecule has 4 saturated heterocycles. The predicted molar refractivity (Wildman–Crippen MR) is 248 cm³/mol. The average Bonchev–Trinajstić information content (AvgIpc) is 3.91. The van der Waals surface area contributed by atoms with Crippen LogP contribution in [0.15, 0.2) is 54.6 Å². The molecule has 3 unspecified atom stereocenters. The van der Waals surface area contributed by atoms with E-state index >= 15 is 22.0 Å². The minimum atomic E-state index is -5.14. The number of piperazine rings is 1. The number of carbonyl (C=O) groups is 1. The molecular formula is C51H55F6N7O6. The molecule has 0 N–H and O–H groups in total. The zero-order chi connectivity index (χ0) is 49.4. The number of hydrogen-bond donors (Lipinski definition) is 0. The summed E-state index contributed by atoms with van der Waals surface area (Å²) in [6, 6.07) is 13.6. The summed E-state index contributed by atoms with van der Waals surface area (Å²) in [6.45, 7) is 7.55. The van der Waals surface area contributed by atoms with Crippen molar-refractivity contribution in [3.63, 3.8) is 0 Å². The SMILES string of the molecule is COc1ccc(CN(Cc2ccc(OC)cc2)c2cc(C)c(C(F)(F)F)c(-c3c(F)c4c5c(nc(OC[C@@]67CCCN6C[C@H](F)C7)nc5c3F)N3CC5CCC(C3CO4)N5C(=O)OC(C)(C)C)n2)cc1. The quantitative estimate of drug-likeness (QED) is 0.117. The second-order valence-corrected chi connectivity index (χ2v) is 20.0. The van der Waals surface area contributed by atoms with Gasteiger partial charge in [0.2, 0.25) is 0 Å². The van der Waals surface area contributed by atoms with E-state index in [1.54, 1.807) is 79.1 Å². The first-order chi connectivity index (χ1) is 33.3. The van der Waals surface area contributed by atoms with Gasteiger partial charge >= 0.3 is 18.3 Å². The normalized spacial score (nSPS) is 22.9. The lowest BCUT2D eigenvalue weighted by molar-refractivity contribution is -0.137. The topological polar surface area (TPSA) is 115 Å². The van der Waals surface area contributed by atoms with Crippen LogP contribution in [0.3, 0.4) is 0 Å². The van der Waals surface area contributed by atoms with Gasteiger partial charge in [-0.05, 0) is 107 Å². The number of aryl methyl sites for hydroxylation is 1. The Kier molecular flexibility index (Phi) is 12.1. The summed E-state index contributed by atoms with van der Waals surface area (Å²) in [5.41, 5.74) is -4.30. The fourth-order valence-corrected chi connectivity index (χ4v) is 11.2. The summed E-state index contributed by atoms with van der Waals surface area (Å²) < 4.78 is 127. The van der Waals surface area contributed by atoms with E-state index in [0.717, 1.165) is 17.5 Å². The first-order valence-corrected chi connectivity index (χ1v) is 23.6. The minimum absolute atomic E-state index is 0.00344. The first kappa shape index (κ1) is 47.4. The maximum atomic E-state index is 18.0. The summed E-state index contributed by atoms with van der Waals surface area (Å²) >= 11 is 0. The molecule has 3 aromatic carbocycles. The van der Waals surface area contributed by atoms with Crippen molar-refractivity contribution in [3.05, 3.63) is 88.5 Å². The number of pyridine rings is 1. The molecule has 5 aliphatic heterocycles. The van der Waals surface area contributed by atoms with Gasteiger partial charge in [0.1, 0.15) is 53.6 Å². The van der Waals surface area contributed by atoms with Gasteiger partial charge in [0.15, 0.2) is 17.4 Å². The molecule has 0 aliphatic carbocycles.